The van der Waals surface area contributed by atoms with Gasteiger partial charge in [-0.05, 0) is 24.1 Å². The maximum atomic E-state index is 11.5. The Morgan fingerprint density at radius 1 is 0.870 bits per heavy atom. The first kappa shape index (κ1) is 15.3. The normalized spacial score (nSPS) is 12.8. The van der Waals surface area contributed by atoms with Crippen LogP contribution in [0.3, 0.4) is 0 Å². The summed E-state index contributed by atoms with van der Waals surface area (Å²) in [6.07, 6.45) is 7.20. The summed E-state index contributed by atoms with van der Waals surface area (Å²) in [7, 11) is 0. The van der Waals surface area contributed by atoms with Crippen molar-refractivity contribution in [1.82, 2.24) is 9.97 Å². The molecule has 4 heteroatoms. The summed E-state index contributed by atoms with van der Waals surface area (Å²) in [5.41, 5.74) is 7.50. The van der Waals surface area contributed by atoms with Crippen molar-refractivity contribution in [3.8, 4) is 0 Å². The highest BCUT2D eigenvalue weighted by molar-refractivity contribution is 5.36. The van der Waals surface area contributed by atoms with Gasteiger partial charge in [0.15, 0.2) is 0 Å². The molecule has 0 fully saturated rings. The van der Waals surface area contributed by atoms with Crippen molar-refractivity contribution in [3.05, 3.63) is 96.1 Å². The standard InChI is InChI=1S/C19H19N3O/c20-18(12-15-6-2-1-3-7-15)19(23,16-8-4-10-21-13-16)17-9-5-11-22-14-17/h1-11,13-14,18,23H,12,20H2. The molecule has 0 spiro atoms. The zero-order valence-electron chi connectivity index (χ0n) is 12.7. The van der Waals surface area contributed by atoms with Gasteiger partial charge in [-0.3, -0.25) is 9.97 Å². The van der Waals surface area contributed by atoms with Gasteiger partial charge in [-0.25, -0.2) is 0 Å². The van der Waals surface area contributed by atoms with E-state index in [1.54, 1.807) is 36.9 Å². The summed E-state index contributed by atoms with van der Waals surface area (Å²) in [4.78, 5) is 8.26. The molecule has 3 aromatic rings. The largest absolute Gasteiger partial charge is 0.379 e. The lowest BCUT2D eigenvalue weighted by atomic mass is 9.79. The molecule has 0 aliphatic rings. The van der Waals surface area contributed by atoms with Gasteiger partial charge in [0, 0.05) is 42.0 Å². The summed E-state index contributed by atoms with van der Waals surface area (Å²) in [5, 5.41) is 11.5. The SMILES string of the molecule is NC(Cc1ccccc1)C(O)(c1cccnc1)c1cccnc1. The van der Waals surface area contributed by atoms with E-state index < -0.39 is 11.6 Å². The van der Waals surface area contributed by atoms with E-state index in [1.165, 1.54) is 0 Å². The van der Waals surface area contributed by atoms with Gasteiger partial charge >= 0.3 is 0 Å². The van der Waals surface area contributed by atoms with Crippen LogP contribution < -0.4 is 5.73 Å². The lowest BCUT2D eigenvalue weighted by Crippen LogP contribution is -2.48. The van der Waals surface area contributed by atoms with Crippen molar-refractivity contribution in [3.63, 3.8) is 0 Å². The molecule has 116 valence electrons. The molecule has 2 heterocycles. The van der Waals surface area contributed by atoms with Gasteiger partial charge in [-0.2, -0.15) is 0 Å². The van der Waals surface area contributed by atoms with E-state index in [1.807, 2.05) is 42.5 Å². The van der Waals surface area contributed by atoms with E-state index in [-0.39, 0.29) is 0 Å². The zero-order valence-corrected chi connectivity index (χ0v) is 12.7. The predicted molar refractivity (Wildman–Crippen MR) is 89.6 cm³/mol. The molecule has 2 aromatic heterocycles. The van der Waals surface area contributed by atoms with Crippen LogP contribution in [0.4, 0.5) is 0 Å². The van der Waals surface area contributed by atoms with Gasteiger partial charge in [0.2, 0.25) is 0 Å². The van der Waals surface area contributed by atoms with Gasteiger partial charge in [-0.1, -0.05) is 42.5 Å². The van der Waals surface area contributed by atoms with Crippen LogP contribution in [0.5, 0.6) is 0 Å². The highest BCUT2D eigenvalue weighted by atomic mass is 16.3. The van der Waals surface area contributed by atoms with Crippen molar-refractivity contribution in [2.75, 3.05) is 0 Å². The second kappa shape index (κ2) is 6.69. The van der Waals surface area contributed by atoms with Crippen LogP contribution in [-0.4, -0.2) is 21.1 Å². The fourth-order valence-electron chi connectivity index (χ4n) is 2.79. The lowest BCUT2D eigenvalue weighted by Gasteiger charge is -2.34. The first-order valence-electron chi connectivity index (χ1n) is 7.54. The molecule has 0 saturated carbocycles. The minimum atomic E-state index is -1.35. The number of aliphatic hydroxyl groups is 1. The number of benzene rings is 1. The Kier molecular flexibility index (Phi) is 4.46. The van der Waals surface area contributed by atoms with E-state index in [0.29, 0.717) is 17.5 Å². The lowest BCUT2D eigenvalue weighted by molar-refractivity contribution is 0.0510. The zero-order chi connectivity index (χ0) is 16.1. The van der Waals surface area contributed by atoms with Gasteiger partial charge in [-0.15, -0.1) is 0 Å². The quantitative estimate of drug-likeness (QED) is 0.758. The Morgan fingerprint density at radius 3 is 1.91 bits per heavy atom. The van der Waals surface area contributed by atoms with Crippen LogP contribution in [0.15, 0.2) is 79.4 Å². The van der Waals surface area contributed by atoms with Gasteiger partial charge in [0.1, 0.15) is 5.60 Å². The second-order valence-electron chi connectivity index (χ2n) is 5.55. The molecule has 1 aromatic carbocycles. The monoisotopic (exact) mass is 305 g/mol. The Bertz CT molecular complexity index is 693. The fourth-order valence-corrected chi connectivity index (χ4v) is 2.79. The highest BCUT2D eigenvalue weighted by Crippen LogP contribution is 2.32. The van der Waals surface area contributed by atoms with Crippen LogP contribution in [0.2, 0.25) is 0 Å². The maximum Gasteiger partial charge on any atom is 0.133 e. The number of aromatic nitrogens is 2. The van der Waals surface area contributed by atoms with E-state index in [2.05, 4.69) is 9.97 Å². The molecular weight excluding hydrogens is 286 g/mol. The van der Waals surface area contributed by atoms with E-state index in [4.69, 9.17) is 5.73 Å². The van der Waals surface area contributed by atoms with Crippen LogP contribution in [0.25, 0.3) is 0 Å². The molecule has 3 N–H and O–H groups in total. The number of hydrogen-bond acceptors (Lipinski definition) is 4. The highest BCUT2D eigenvalue weighted by Gasteiger charge is 2.38. The summed E-state index contributed by atoms with van der Waals surface area (Å²) in [5.74, 6) is 0. The molecule has 4 nitrogen and oxygen atoms in total. The number of nitrogens with two attached hydrogens (primary N) is 1. The molecule has 0 saturated heterocycles. The Morgan fingerprint density at radius 2 is 1.43 bits per heavy atom. The van der Waals surface area contributed by atoms with Crippen molar-refractivity contribution in [2.24, 2.45) is 5.73 Å². The molecule has 1 unspecified atom stereocenters. The Balaban J connectivity index is 2.02. The summed E-state index contributed by atoms with van der Waals surface area (Å²) in [6.45, 7) is 0. The van der Waals surface area contributed by atoms with Crippen molar-refractivity contribution < 1.29 is 5.11 Å². The number of rotatable bonds is 5. The molecule has 23 heavy (non-hydrogen) atoms. The van der Waals surface area contributed by atoms with E-state index >= 15 is 0 Å². The molecule has 0 aliphatic carbocycles. The fraction of sp³-hybridized carbons (Fsp3) is 0.158. The molecule has 0 aliphatic heterocycles. The van der Waals surface area contributed by atoms with E-state index in [9.17, 15) is 5.11 Å². The van der Waals surface area contributed by atoms with Crippen LogP contribution in [0.1, 0.15) is 16.7 Å². The minimum Gasteiger partial charge on any atom is -0.379 e. The third-order valence-electron chi connectivity index (χ3n) is 4.04. The van der Waals surface area contributed by atoms with Crippen molar-refractivity contribution >= 4 is 0 Å². The molecular formula is C19H19N3O. The summed E-state index contributed by atoms with van der Waals surface area (Å²) >= 11 is 0. The van der Waals surface area contributed by atoms with Gasteiger partial charge in [0.25, 0.3) is 0 Å². The number of nitrogens with zero attached hydrogens (tertiary/aromatic N) is 2. The average Bonchev–Trinajstić information content (AvgIpc) is 2.63. The third kappa shape index (κ3) is 3.13. The summed E-state index contributed by atoms with van der Waals surface area (Å²) < 4.78 is 0. The van der Waals surface area contributed by atoms with Crippen molar-refractivity contribution in [1.29, 1.82) is 0 Å². The molecule has 0 bridgehead atoms. The molecule has 3 rings (SSSR count). The topological polar surface area (TPSA) is 72.0 Å². The Labute approximate surface area is 135 Å². The first-order chi connectivity index (χ1) is 11.2. The minimum absolute atomic E-state index is 0.529. The average molecular weight is 305 g/mol. The Hall–Kier alpha value is -2.56. The smallest absolute Gasteiger partial charge is 0.133 e. The first-order valence-corrected chi connectivity index (χ1v) is 7.54. The summed E-state index contributed by atoms with van der Waals surface area (Å²) in [6, 6.07) is 16.7. The number of pyridine rings is 2. The molecule has 0 amide bonds. The van der Waals surface area contributed by atoms with E-state index in [0.717, 1.165) is 5.56 Å². The second-order valence-corrected chi connectivity index (χ2v) is 5.55. The van der Waals surface area contributed by atoms with Gasteiger partial charge in [0.05, 0.1) is 0 Å². The molecule has 1 atom stereocenters. The van der Waals surface area contributed by atoms with Crippen LogP contribution in [0, 0.1) is 0 Å². The number of hydrogen-bond donors (Lipinski definition) is 2. The third-order valence-corrected chi connectivity index (χ3v) is 4.04. The van der Waals surface area contributed by atoms with Crippen LogP contribution in [-0.2, 0) is 12.0 Å². The maximum absolute atomic E-state index is 11.5. The van der Waals surface area contributed by atoms with Crippen molar-refractivity contribution in [2.45, 2.75) is 18.1 Å². The predicted octanol–water partition coefficient (Wildman–Crippen LogP) is 2.28. The van der Waals surface area contributed by atoms with Crippen LogP contribution >= 0.6 is 0 Å². The molecule has 0 radical (unpaired) electrons. The van der Waals surface area contributed by atoms with Gasteiger partial charge < -0.3 is 10.8 Å².